The van der Waals surface area contributed by atoms with Gasteiger partial charge in [0, 0.05) is 24.7 Å². The summed E-state index contributed by atoms with van der Waals surface area (Å²) in [4.78, 5) is 50.7. The minimum Gasteiger partial charge on any atom is -0.495 e. The number of methoxy groups -OCH3 is 1. The quantitative estimate of drug-likeness (QED) is 0.288. The molecule has 0 saturated heterocycles. The molecular weight excluding hydrogens is 464 g/mol. The molecule has 36 heavy (non-hydrogen) atoms. The SMILES string of the molecule is C=C1C=CC(=O)N1CCCCCC(=O)NC(C(=O)NCC(=O)Nc1ccc(CO)cc1OC)C(C)C. The van der Waals surface area contributed by atoms with E-state index in [0.717, 1.165) is 12.8 Å². The molecule has 0 aromatic heterocycles. The summed E-state index contributed by atoms with van der Waals surface area (Å²) in [6.07, 6.45) is 5.56. The number of carbonyl (C=O) groups is 4. The summed E-state index contributed by atoms with van der Waals surface area (Å²) in [6.45, 7) is 7.56. The van der Waals surface area contributed by atoms with Gasteiger partial charge in [0.05, 0.1) is 25.9 Å². The van der Waals surface area contributed by atoms with Crippen LogP contribution in [-0.4, -0.2) is 59.9 Å². The first-order chi connectivity index (χ1) is 17.2. The maximum atomic E-state index is 12.7. The Morgan fingerprint density at radius 3 is 2.47 bits per heavy atom. The molecule has 4 N–H and O–H groups in total. The monoisotopic (exact) mass is 500 g/mol. The van der Waals surface area contributed by atoms with E-state index in [1.165, 1.54) is 13.2 Å². The molecule has 10 heteroatoms. The second-order valence-electron chi connectivity index (χ2n) is 8.87. The third kappa shape index (κ3) is 8.53. The van der Waals surface area contributed by atoms with Gasteiger partial charge < -0.3 is 30.7 Å². The number of allylic oxidation sites excluding steroid dienone is 1. The molecule has 10 nitrogen and oxygen atoms in total. The van der Waals surface area contributed by atoms with Crippen molar-refractivity contribution in [3.63, 3.8) is 0 Å². The highest BCUT2D eigenvalue weighted by molar-refractivity contribution is 5.97. The minimum absolute atomic E-state index is 0.0732. The number of nitrogens with one attached hydrogen (secondary N) is 3. The Balaban J connectivity index is 1.75. The Bertz CT molecular complexity index is 986. The highest BCUT2D eigenvalue weighted by Gasteiger charge is 2.24. The Hall–Kier alpha value is -3.66. The molecule has 0 bridgehead atoms. The normalized spacial score (nSPS) is 13.6. The van der Waals surface area contributed by atoms with Crippen LogP contribution < -0.4 is 20.7 Å². The number of amides is 4. The molecule has 0 saturated carbocycles. The summed E-state index contributed by atoms with van der Waals surface area (Å²) in [7, 11) is 1.45. The third-order valence-electron chi connectivity index (χ3n) is 5.73. The van der Waals surface area contributed by atoms with E-state index in [2.05, 4.69) is 22.5 Å². The first-order valence-corrected chi connectivity index (χ1v) is 12.0. The number of nitrogens with zero attached hydrogens (tertiary/aromatic N) is 1. The van der Waals surface area contributed by atoms with Gasteiger partial charge in [0.1, 0.15) is 11.8 Å². The minimum atomic E-state index is -0.778. The lowest BCUT2D eigenvalue weighted by atomic mass is 10.0. The average molecular weight is 501 g/mol. The Morgan fingerprint density at radius 2 is 1.86 bits per heavy atom. The fraction of sp³-hybridized carbons (Fsp3) is 0.462. The number of aliphatic hydroxyl groups is 1. The van der Waals surface area contributed by atoms with Crippen molar-refractivity contribution in [2.24, 2.45) is 5.92 Å². The van der Waals surface area contributed by atoms with Crippen LogP contribution in [0.15, 0.2) is 42.6 Å². The number of benzene rings is 1. The summed E-state index contributed by atoms with van der Waals surface area (Å²) >= 11 is 0. The topological polar surface area (TPSA) is 137 Å². The molecule has 1 unspecified atom stereocenters. The summed E-state index contributed by atoms with van der Waals surface area (Å²) in [5, 5.41) is 17.2. The van der Waals surface area contributed by atoms with Crippen molar-refractivity contribution in [2.45, 2.75) is 52.2 Å². The number of ether oxygens (including phenoxy) is 1. The summed E-state index contributed by atoms with van der Waals surface area (Å²) in [5.74, 6) is -1.01. The maximum Gasteiger partial charge on any atom is 0.251 e. The van der Waals surface area contributed by atoms with Gasteiger partial charge in [-0.2, -0.15) is 0 Å². The molecule has 1 atom stereocenters. The zero-order valence-corrected chi connectivity index (χ0v) is 21.1. The molecule has 4 amide bonds. The number of hydrogen-bond acceptors (Lipinski definition) is 6. The van der Waals surface area contributed by atoms with Crippen LogP contribution in [0.2, 0.25) is 0 Å². The second-order valence-corrected chi connectivity index (χ2v) is 8.87. The molecule has 1 aliphatic heterocycles. The van der Waals surface area contributed by atoms with Crippen molar-refractivity contribution in [2.75, 3.05) is 25.5 Å². The highest BCUT2D eigenvalue weighted by atomic mass is 16.5. The third-order valence-corrected chi connectivity index (χ3v) is 5.73. The van der Waals surface area contributed by atoms with Crippen LogP contribution in [0.1, 0.15) is 45.1 Å². The van der Waals surface area contributed by atoms with Crippen LogP contribution in [0.4, 0.5) is 5.69 Å². The van der Waals surface area contributed by atoms with Gasteiger partial charge in [0.15, 0.2) is 0 Å². The number of rotatable bonds is 14. The number of hydrogen-bond donors (Lipinski definition) is 4. The Kier molecular flexibility index (Phi) is 11.1. The molecule has 0 aliphatic carbocycles. The molecule has 1 aromatic carbocycles. The fourth-order valence-electron chi connectivity index (χ4n) is 3.66. The van der Waals surface area contributed by atoms with Gasteiger partial charge >= 0.3 is 0 Å². The van der Waals surface area contributed by atoms with Crippen molar-refractivity contribution in [1.82, 2.24) is 15.5 Å². The number of aliphatic hydroxyl groups excluding tert-OH is 1. The maximum absolute atomic E-state index is 12.7. The molecule has 0 fully saturated rings. The molecule has 2 rings (SSSR count). The summed E-state index contributed by atoms with van der Waals surface area (Å²) < 4.78 is 5.23. The lowest BCUT2D eigenvalue weighted by molar-refractivity contribution is -0.130. The van der Waals surface area contributed by atoms with E-state index >= 15 is 0 Å². The van der Waals surface area contributed by atoms with Crippen LogP contribution in [0, 0.1) is 5.92 Å². The summed E-state index contributed by atoms with van der Waals surface area (Å²) in [5.41, 5.74) is 1.73. The summed E-state index contributed by atoms with van der Waals surface area (Å²) in [6, 6.07) is 4.09. The molecule has 1 heterocycles. The van der Waals surface area contributed by atoms with Crippen molar-refractivity contribution in [3.05, 3.63) is 48.2 Å². The predicted octanol–water partition coefficient (Wildman–Crippen LogP) is 1.86. The van der Waals surface area contributed by atoms with Crippen LogP contribution >= 0.6 is 0 Å². The largest absolute Gasteiger partial charge is 0.495 e. The molecule has 196 valence electrons. The first-order valence-electron chi connectivity index (χ1n) is 12.0. The van der Waals surface area contributed by atoms with E-state index in [1.54, 1.807) is 29.2 Å². The fourth-order valence-corrected chi connectivity index (χ4v) is 3.66. The molecule has 0 spiro atoms. The van der Waals surface area contributed by atoms with Gasteiger partial charge in [-0.1, -0.05) is 32.9 Å². The predicted molar refractivity (Wildman–Crippen MR) is 136 cm³/mol. The molecule has 1 aliphatic rings. The van der Waals surface area contributed by atoms with Crippen molar-refractivity contribution < 1.29 is 29.0 Å². The van der Waals surface area contributed by atoms with Gasteiger partial charge in [-0.25, -0.2) is 0 Å². The van der Waals surface area contributed by atoms with E-state index in [-0.39, 0.29) is 37.3 Å². The standard InChI is InChI=1S/C26H36N4O6/c1-17(2)25(29-22(32)8-6-5-7-13-30-18(3)9-12-24(30)34)26(35)27-15-23(33)28-20-11-10-19(16-31)14-21(20)36-4/h9-12,14,17,25,31H,3,5-8,13,15-16H2,1-2,4H3,(H,27,35)(H,28,33)(H,29,32). The first kappa shape index (κ1) is 28.6. The van der Waals surface area contributed by atoms with Gasteiger partial charge in [0.2, 0.25) is 17.7 Å². The van der Waals surface area contributed by atoms with Gasteiger partial charge in [-0.05, 0) is 42.5 Å². The van der Waals surface area contributed by atoms with Crippen molar-refractivity contribution in [1.29, 1.82) is 0 Å². The van der Waals surface area contributed by atoms with Gasteiger partial charge in [-0.15, -0.1) is 0 Å². The smallest absolute Gasteiger partial charge is 0.251 e. The number of unbranched alkanes of at least 4 members (excludes halogenated alkanes) is 2. The van der Waals surface area contributed by atoms with E-state index in [4.69, 9.17) is 4.74 Å². The van der Waals surface area contributed by atoms with Crippen LogP contribution in [0.5, 0.6) is 5.75 Å². The van der Waals surface area contributed by atoms with Crippen LogP contribution in [-0.2, 0) is 25.8 Å². The lowest BCUT2D eigenvalue weighted by Crippen LogP contribution is -2.51. The second kappa shape index (κ2) is 14.0. The highest BCUT2D eigenvalue weighted by Crippen LogP contribution is 2.25. The molecule has 1 aromatic rings. The Labute approximate surface area is 211 Å². The van der Waals surface area contributed by atoms with E-state index in [9.17, 15) is 24.3 Å². The number of carbonyl (C=O) groups excluding carboxylic acids is 4. The zero-order valence-electron chi connectivity index (χ0n) is 21.1. The van der Waals surface area contributed by atoms with E-state index in [0.29, 0.717) is 35.7 Å². The van der Waals surface area contributed by atoms with Crippen molar-refractivity contribution >= 4 is 29.3 Å². The van der Waals surface area contributed by atoms with E-state index in [1.807, 2.05) is 13.8 Å². The van der Waals surface area contributed by atoms with Crippen molar-refractivity contribution in [3.8, 4) is 5.75 Å². The van der Waals surface area contributed by atoms with Crippen LogP contribution in [0.25, 0.3) is 0 Å². The van der Waals surface area contributed by atoms with Crippen LogP contribution in [0.3, 0.4) is 0 Å². The number of anilines is 1. The molecular formula is C26H36N4O6. The molecule has 0 radical (unpaired) electrons. The van der Waals surface area contributed by atoms with Gasteiger partial charge in [0.25, 0.3) is 5.91 Å². The lowest BCUT2D eigenvalue weighted by Gasteiger charge is -2.22. The Morgan fingerprint density at radius 1 is 1.11 bits per heavy atom. The zero-order chi connectivity index (χ0) is 26.7. The van der Waals surface area contributed by atoms with E-state index < -0.39 is 17.9 Å². The average Bonchev–Trinajstić information content (AvgIpc) is 3.17. The van der Waals surface area contributed by atoms with Gasteiger partial charge in [-0.3, -0.25) is 19.2 Å².